The standard InChI is InChI=1S/C26H23ClN6O3/c1-3-4-23(34)32-12-9-16(15-32)24-21-8-11-30-26(28)33(21)25(31-24)19-6-5-18(13-20(19)27)36-22-14-17(35-2)7-10-29-22/h5-8,10-11,13-14,16H,9,12,15H2,1-2H3,(H2,28,30). The van der Waals surface area contributed by atoms with Gasteiger partial charge < -0.3 is 20.1 Å². The third kappa shape index (κ3) is 4.39. The summed E-state index contributed by atoms with van der Waals surface area (Å²) in [5.74, 6) is 7.55. The van der Waals surface area contributed by atoms with Crippen molar-refractivity contribution in [2.75, 3.05) is 25.9 Å². The molecule has 9 nitrogen and oxygen atoms in total. The minimum Gasteiger partial charge on any atom is -0.497 e. The summed E-state index contributed by atoms with van der Waals surface area (Å²) in [6, 6.07) is 10.6. The van der Waals surface area contributed by atoms with E-state index in [4.69, 9.17) is 31.8 Å². The number of pyridine rings is 1. The van der Waals surface area contributed by atoms with E-state index in [0.29, 0.717) is 52.8 Å². The molecule has 1 aromatic carbocycles. The maximum Gasteiger partial charge on any atom is 0.298 e. The van der Waals surface area contributed by atoms with Crippen LogP contribution in [0.4, 0.5) is 5.95 Å². The van der Waals surface area contributed by atoms with Gasteiger partial charge in [-0.2, -0.15) is 0 Å². The van der Waals surface area contributed by atoms with Crippen molar-refractivity contribution in [3.63, 3.8) is 0 Å². The van der Waals surface area contributed by atoms with Crippen LogP contribution >= 0.6 is 11.6 Å². The number of nitrogens with two attached hydrogens (primary N) is 1. The van der Waals surface area contributed by atoms with E-state index in [2.05, 4.69) is 21.8 Å². The van der Waals surface area contributed by atoms with Crippen molar-refractivity contribution in [2.45, 2.75) is 19.3 Å². The van der Waals surface area contributed by atoms with Crippen molar-refractivity contribution in [1.29, 1.82) is 0 Å². The molecular formula is C26H23ClN6O3. The summed E-state index contributed by atoms with van der Waals surface area (Å²) in [6.45, 7) is 2.82. The zero-order valence-electron chi connectivity index (χ0n) is 19.7. The molecule has 0 bridgehead atoms. The van der Waals surface area contributed by atoms with Crippen LogP contribution in [0.1, 0.15) is 25.0 Å². The topological polar surface area (TPSA) is 108 Å². The van der Waals surface area contributed by atoms with Gasteiger partial charge in [0.15, 0.2) is 0 Å². The van der Waals surface area contributed by atoms with Crippen LogP contribution in [0.5, 0.6) is 17.4 Å². The molecule has 0 saturated carbocycles. The number of aromatic nitrogens is 4. The highest BCUT2D eigenvalue weighted by Gasteiger charge is 2.31. The molecule has 1 amide bonds. The van der Waals surface area contributed by atoms with Crippen LogP contribution in [0.3, 0.4) is 0 Å². The summed E-state index contributed by atoms with van der Waals surface area (Å²) in [6.07, 6.45) is 4.03. The van der Waals surface area contributed by atoms with E-state index in [1.54, 1.807) is 60.0 Å². The highest BCUT2D eigenvalue weighted by molar-refractivity contribution is 6.33. The van der Waals surface area contributed by atoms with E-state index in [0.717, 1.165) is 17.6 Å². The van der Waals surface area contributed by atoms with Crippen molar-refractivity contribution in [2.24, 2.45) is 0 Å². The van der Waals surface area contributed by atoms with Crippen LogP contribution in [-0.2, 0) is 4.79 Å². The quantitative estimate of drug-likeness (QED) is 0.408. The SMILES string of the molecule is CC#CC(=O)N1CCC(c2nc(-c3ccc(Oc4cc(OC)ccn4)cc3Cl)n3c(N)nccc23)C1. The Bertz CT molecular complexity index is 1520. The lowest BCUT2D eigenvalue weighted by atomic mass is 10.0. The lowest BCUT2D eigenvalue weighted by Crippen LogP contribution is -2.26. The number of nitrogen functional groups attached to an aromatic ring is 1. The summed E-state index contributed by atoms with van der Waals surface area (Å²) in [5, 5.41) is 0.429. The number of fused-ring (bicyclic) bond motifs is 1. The van der Waals surface area contributed by atoms with E-state index < -0.39 is 0 Å². The van der Waals surface area contributed by atoms with Gasteiger partial charge in [-0.05, 0) is 43.5 Å². The number of hydrogen-bond acceptors (Lipinski definition) is 7. The number of carbonyl (C=O) groups excluding carboxylic acids is 1. The monoisotopic (exact) mass is 502 g/mol. The lowest BCUT2D eigenvalue weighted by Gasteiger charge is -2.12. The molecular weight excluding hydrogens is 480 g/mol. The second-order valence-electron chi connectivity index (χ2n) is 8.23. The second-order valence-corrected chi connectivity index (χ2v) is 8.64. The molecule has 10 heteroatoms. The largest absolute Gasteiger partial charge is 0.497 e. The van der Waals surface area contributed by atoms with E-state index in [9.17, 15) is 4.79 Å². The minimum atomic E-state index is -0.172. The summed E-state index contributed by atoms with van der Waals surface area (Å²) in [7, 11) is 1.58. The summed E-state index contributed by atoms with van der Waals surface area (Å²) in [4.78, 5) is 27.4. The molecule has 4 aromatic rings. The van der Waals surface area contributed by atoms with Gasteiger partial charge in [-0.1, -0.05) is 17.5 Å². The number of nitrogens with zero attached hydrogens (tertiary/aromatic N) is 5. The Kier molecular flexibility index (Phi) is 6.36. The number of likely N-dealkylation sites (tertiary alicyclic amines) is 1. The van der Waals surface area contributed by atoms with Gasteiger partial charge in [-0.15, -0.1) is 0 Å². The van der Waals surface area contributed by atoms with Gasteiger partial charge >= 0.3 is 0 Å². The number of halogens is 1. The van der Waals surface area contributed by atoms with E-state index in [1.165, 1.54) is 0 Å². The van der Waals surface area contributed by atoms with Crippen molar-refractivity contribution in [1.82, 2.24) is 24.3 Å². The molecule has 1 atom stereocenters. The van der Waals surface area contributed by atoms with Gasteiger partial charge in [0.1, 0.15) is 17.3 Å². The number of amides is 1. The molecule has 1 unspecified atom stereocenters. The van der Waals surface area contributed by atoms with E-state index in [-0.39, 0.29) is 11.8 Å². The lowest BCUT2D eigenvalue weighted by molar-refractivity contribution is -0.124. The Balaban J connectivity index is 1.50. The Labute approximate surface area is 212 Å². The number of benzene rings is 1. The molecule has 0 aliphatic carbocycles. The van der Waals surface area contributed by atoms with Crippen molar-refractivity contribution in [3.8, 4) is 40.6 Å². The predicted molar refractivity (Wildman–Crippen MR) is 136 cm³/mol. The van der Waals surface area contributed by atoms with Gasteiger partial charge in [0.25, 0.3) is 5.91 Å². The first-order valence-corrected chi connectivity index (χ1v) is 11.7. The van der Waals surface area contributed by atoms with Crippen LogP contribution in [0.25, 0.3) is 16.9 Å². The second kappa shape index (κ2) is 9.76. The zero-order chi connectivity index (χ0) is 25.2. The molecule has 5 rings (SSSR count). The van der Waals surface area contributed by atoms with Gasteiger partial charge in [-0.3, -0.25) is 9.20 Å². The van der Waals surface area contributed by atoms with E-state index >= 15 is 0 Å². The molecule has 1 saturated heterocycles. The minimum absolute atomic E-state index is 0.0404. The summed E-state index contributed by atoms with van der Waals surface area (Å²) >= 11 is 6.70. The third-order valence-corrected chi connectivity index (χ3v) is 6.36. The Hall–Kier alpha value is -4.29. The Morgan fingerprint density at radius 2 is 2.00 bits per heavy atom. The number of ether oxygens (including phenoxy) is 2. The van der Waals surface area contributed by atoms with Crippen LogP contribution in [0.2, 0.25) is 5.02 Å². The number of imidazole rings is 1. The molecule has 1 fully saturated rings. The van der Waals surface area contributed by atoms with Gasteiger partial charge in [0.2, 0.25) is 11.8 Å². The van der Waals surface area contributed by atoms with Crippen LogP contribution < -0.4 is 15.2 Å². The number of methoxy groups -OCH3 is 1. The molecule has 1 aliphatic rings. The first-order valence-electron chi connectivity index (χ1n) is 11.3. The average Bonchev–Trinajstić information content (AvgIpc) is 3.51. The summed E-state index contributed by atoms with van der Waals surface area (Å²) < 4.78 is 12.9. The fraction of sp³-hybridized carbons (Fsp3) is 0.231. The fourth-order valence-electron chi connectivity index (χ4n) is 4.35. The predicted octanol–water partition coefficient (Wildman–Crippen LogP) is 4.17. The number of hydrogen-bond donors (Lipinski definition) is 1. The van der Waals surface area contributed by atoms with Crippen LogP contribution in [0.15, 0.2) is 48.8 Å². The third-order valence-electron chi connectivity index (χ3n) is 6.05. The molecule has 2 N–H and O–H groups in total. The molecule has 0 spiro atoms. The fourth-order valence-corrected chi connectivity index (χ4v) is 4.61. The maximum atomic E-state index is 12.3. The molecule has 1 aliphatic heterocycles. The first-order chi connectivity index (χ1) is 17.5. The highest BCUT2D eigenvalue weighted by atomic mass is 35.5. The molecule has 36 heavy (non-hydrogen) atoms. The van der Waals surface area contributed by atoms with Crippen LogP contribution in [-0.4, -0.2) is 50.4 Å². The normalized spacial score (nSPS) is 15.0. The summed E-state index contributed by atoms with van der Waals surface area (Å²) in [5.41, 5.74) is 8.62. The zero-order valence-corrected chi connectivity index (χ0v) is 20.5. The molecule has 3 aromatic heterocycles. The van der Waals surface area contributed by atoms with Crippen molar-refractivity contribution >= 4 is 29.0 Å². The van der Waals surface area contributed by atoms with Crippen molar-refractivity contribution in [3.05, 3.63) is 59.5 Å². The van der Waals surface area contributed by atoms with Crippen LogP contribution in [0, 0.1) is 11.8 Å². The average molecular weight is 503 g/mol. The molecule has 4 heterocycles. The van der Waals surface area contributed by atoms with Gasteiger partial charge in [-0.25, -0.2) is 15.0 Å². The smallest absolute Gasteiger partial charge is 0.298 e. The first kappa shape index (κ1) is 23.5. The number of anilines is 1. The number of rotatable bonds is 5. The van der Waals surface area contributed by atoms with Gasteiger partial charge in [0.05, 0.1) is 23.3 Å². The number of carbonyl (C=O) groups is 1. The Morgan fingerprint density at radius 3 is 2.78 bits per heavy atom. The van der Waals surface area contributed by atoms with Gasteiger partial charge in [0, 0.05) is 49.1 Å². The Morgan fingerprint density at radius 1 is 1.17 bits per heavy atom. The maximum absolute atomic E-state index is 12.3. The van der Waals surface area contributed by atoms with E-state index in [1.807, 2.05) is 12.1 Å². The highest BCUT2D eigenvalue weighted by Crippen LogP contribution is 2.37. The van der Waals surface area contributed by atoms with Crippen molar-refractivity contribution < 1.29 is 14.3 Å². The molecule has 0 radical (unpaired) electrons. The molecule has 182 valence electrons.